The van der Waals surface area contributed by atoms with Crippen molar-refractivity contribution in [3.05, 3.63) is 152 Å². The fraction of sp³-hybridized carbons (Fsp3) is 0. The topological polar surface area (TPSA) is 51.8 Å². The standard InChI is InChI=1S/C43H25N3OS/c1-3-11-26(12-4-1)41-44-42(27-13-5-2-6-14-27)46-43(45-41)34-18-10-19-35-38(34)33-17-9-16-31(40(33)47-35)29-21-23-30-28(25-29)22-24-37-39(30)32-15-7-8-20-36(32)48-37/h1-25H. The van der Waals surface area contributed by atoms with E-state index in [1.807, 2.05) is 84.1 Å². The number of nitrogens with zero attached hydrogens (tertiary/aromatic N) is 3. The number of thiophene rings is 1. The van der Waals surface area contributed by atoms with Crippen molar-refractivity contribution in [2.45, 2.75) is 0 Å². The molecule has 0 fully saturated rings. The van der Waals surface area contributed by atoms with Crippen LogP contribution in [0.5, 0.6) is 0 Å². The molecule has 0 bridgehead atoms. The van der Waals surface area contributed by atoms with Crippen molar-refractivity contribution in [2.75, 3.05) is 0 Å². The fourth-order valence-corrected chi connectivity index (χ4v) is 8.03. The van der Waals surface area contributed by atoms with Gasteiger partial charge in [-0.05, 0) is 40.6 Å². The normalized spacial score (nSPS) is 11.8. The van der Waals surface area contributed by atoms with Crippen LogP contribution in [-0.2, 0) is 0 Å². The first-order valence-corrected chi connectivity index (χ1v) is 16.8. The predicted octanol–water partition coefficient (Wildman–Crippen LogP) is 12.0. The zero-order valence-corrected chi connectivity index (χ0v) is 26.4. The van der Waals surface area contributed by atoms with Gasteiger partial charge in [0.25, 0.3) is 0 Å². The molecule has 48 heavy (non-hydrogen) atoms. The van der Waals surface area contributed by atoms with Crippen LogP contribution in [0.4, 0.5) is 0 Å². The highest BCUT2D eigenvalue weighted by molar-refractivity contribution is 7.26. The first-order chi connectivity index (χ1) is 23.8. The lowest BCUT2D eigenvalue weighted by Crippen LogP contribution is -2.00. The Morgan fingerprint density at radius 2 is 1.08 bits per heavy atom. The van der Waals surface area contributed by atoms with E-state index < -0.39 is 0 Å². The van der Waals surface area contributed by atoms with Crippen LogP contribution in [0, 0.1) is 0 Å². The number of para-hydroxylation sites is 1. The second kappa shape index (κ2) is 10.7. The molecule has 0 aliphatic rings. The summed E-state index contributed by atoms with van der Waals surface area (Å²) in [6.45, 7) is 0. The lowest BCUT2D eigenvalue weighted by molar-refractivity contribution is 0.670. The van der Waals surface area contributed by atoms with Gasteiger partial charge in [0.1, 0.15) is 11.2 Å². The van der Waals surface area contributed by atoms with Crippen LogP contribution in [0.3, 0.4) is 0 Å². The molecule has 0 atom stereocenters. The quantitative estimate of drug-likeness (QED) is 0.194. The second-order valence-electron chi connectivity index (χ2n) is 12.0. The van der Waals surface area contributed by atoms with Crippen LogP contribution < -0.4 is 0 Å². The molecule has 10 aromatic rings. The first kappa shape index (κ1) is 27.0. The molecule has 0 amide bonds. The van der Waals surface area contributed by atoms with Gasteiger partial charge in [0, 0.05) is 53.2 Å². The Morgan fingerprint density at radius 1 is 0.417 bits per heavy atom. The van der Waals surface area contributed by atoms with E-state index in [9.17, 15) is 0 Å². The zero-order valence-electron chi connectivity index (χ0n) is 25.6. The molecule has 0 saturated heterocycles. The molecule has 10 rings (SSSR count). The SMILES string of the molecule is c1ccc(-c2nc(-c3ccccc3)nc(-c3cccc4oc5c(-c6ccc7c(ccc8sc9ccccc9c87)c6)cccc5c34)n2)cc1. The Labute approximate surface area is 279 Å². The van der Waals surface area contributed by atoms with Gasteiger partial charge in [-0.25, -0.2) is 15.0 Å². The van der Waals surface area contributed by atoms with Gasteiger partial charge in [-0.15, -0.1) is 11.3 Å². The number of aromatic nitrogens is 3. The Balaban J connectivity index is 1.17. The maximum atomic E-state index is 6.69. The minimum atomic E-state index is 0.610. The highest BCUT2D eigenvalue weighted by Crippen LogP contribution is 2.43. The molecule has 0 aliphatic heterocycles. The van der Waals surface area contributed by atoms with E-state index in [1.54, 1.807) is 0 Å². The van der Waals surface area contributed by atoms with E-state index in [0.29, 0.717) is 17.5 Å². The molecule has 3 heterocycles. The van der Waals surface area contributed by atoms with E-state index in [4.69, 9.17) is 19.4 Å². The van der Waals surface area contributed by atoms with Crippen molar-refractivity contribution in [1.82, 2.24) is 15.0 Å². The van der Waals surface area contributed by atoms with Gasteiger partial charge < -0.3 is 4.42 Å². The maximum Gasteiger partial charge on any atom is 0.164 e. The van der Waals surface area contributed by atoms with Gasteiger partial charge in [-0.2, -0.15) is 0 Å². The van der Waals surface area contributed by atoms with Gasteiger partial charge in [0.05, 0.1) is 0 Å². The molecule has 0 N–H and O–H groups in total. The molecule has 0 unspecified atom stereocenters. The van der Waals surface area contributed by atoms with Gasteiger partial charge in [-0.3, -0.25) is 0 Å². The summed E-state index contributed by atoms with van der Waals surface area (Å²) in [6.07, 6.45) is 0. The number of hydrogen-bond donors (Lipinski definition) is 0. The van der Waals surface area contributed by atoms with E-state index in [1.165, 1.54) is 30.9 Å². The minimum Gasteiger partial charge on any atom is -0.455 e. The first-order valence-electron chi connectivity index (χ1n) is 15.9. The van der Waals surface area contributed by atoms with Crippen LogP contribution in [-0.4, -0.2) is 15.0 Å². The van der Waals surface area contributed by atoms with Crippen molar-refractivity contribution in [3.8, 4) is 45.3 Å². The highest BCUT2D eigenvalue weighted by atomic mass is 32.1. The molecule has 4 nitrogen and oxygen atoms in total. The number of hydrogen-bond acceptors (Lipinski definition) is 5. The summed E-state index contributed by atoms with van der Waals surface area (Å²) in [5.74, 6) is 1.88. The Kier molecular flexibility index (Phi) is 6.01. The van der Waals surface area contributed by atoms with Crippen LogP contribution in [0.2, 0.25) is 0 Å². The van der Waals surface area contributed by atoms with Crippen LogP contribution >= 0.6 is 11.3 Å². The summed E-state index contributed by atoms with van der Waals surface area (Å²) in [4.78, 5) is 15.0. The van der Waals surface area contributed by atoms with Crippen molar-refractivity contribution < 1.29 is 4.42 Å². The molecule has 0 aliphatic carbocycles. The smallest absolute Gasteiger partial charge is 0.164 e. The molecule has 5 heteroatoms. The number of fused-ring (bicyclic) bond motifs is 8. The number of rotatable bonds is 4. The minimum absolute atomic E-state index is 0.610. The Bertz CT molecular complexity index is 2780. The molecule has 0 spiro atoms. The van der Waals surface area contributed by atoms with Gasteiger partial charge in [-0.1, -0.05) is 127 Å². The Morgan fingerprint density at radius 3 is 1.88 bits per heavy atom. The molecule has 0 radical (unpaired) electrons. The average molecular weight is 632 g/mol. The van der Waals surface area contributed by atoms with E-state index in [2.05, 4.69) is 78.9 Å². The second-order valence-corrected chi connectivity index (χ2v) is 13.1. The largest absolute Gasteiger partial charge is 0.455 e. The summed E-state index contributed by atoms with van der Waals surface area (Å²) in [5.41, 5.74) is 6.60. The van der Waals surface area contributed by atoms with Crippen molar-refractivity contribution in [1.29, 1.82) is 0 Å². The third-order valence-corrected chi connectivity index (χ3v) is 10.3. The van der Waals surface area contributed by atoms with E-state index >= 15 is 0 Å². The summed E-state index contributed by atoms with van der Waals surface area (Å²) in [7, 11) is 0. The van der Waals surface area contributed by atoms with Crippen LogP contribution in [0.1, 0.15) is 0 Å². The van der Waals surface area contributed by atoms with Gasteiger partial charge in [0.15, 0.2) is 17.5 Å². The third-order valence-electron chi connectivity index (χ3n) is 9.13. The third kappa shape index (κ3) is 4.25. The number of furan rings is 1. The van der Waals surface area contributed by atoms with Crippen molar-refractivity contribution >= 4 is 64.2 Å². The summed E-state index contributed by atoms with van der Waals surface area (Å²) >= 11 is 1.85. The van der Waals surface area contributed by atoms with E-state index in [-0.39, 0.29) is 0 Å². The fourth-order valence-electron chi connectivity index (χ4n) is 6.91. The maximum absolute atomic E-state index is 6.69. The average Bonchev–Trinajstić information content (AvgIpc) is 3.74. The van der Waals surface area contributed by atoms with E-state index in [0.717, 1.165) is 49.8 Å². The van der Waals surface area contributed by atoms with Gasteiger partial charge in [0.2, 0.25) is 0 Å². The highest BCUT2D eigenvalue weighted by Gasteiger charge is 2.20. The van der Waals surface area contributed by atoms with Crippen molar-refractivity contribution in [2.24, 2.45) is 0 Å². The summed E-state index contributed by atoms with van der Waals surface area (Å²) in [5, 5.41) is 7.14. The lowest BCUT2D eigenvalue weighted by Gasteiger charge is -2.09. The molecule has 0 saturated carbocycles. The zero-order chi connectivity index (χ0) is 31.6. The molecule has 224 valence electrons. The molecule has 7 aromatic carbocycles. The van der Waals surface area contributed by atoms with Crippen LogP contribution in [0.25, 0.3) is 98.2 Å². The summed E-state index contributed by atoms with van der Waals surface area (Å²) in [6, 6.07) is 52.6. The van der Waals surface area contributed by atoms with Crippen molar-refractivity contribution in [3.63, 3.8) is 0 Å². The molecular weight excluding hydrogens is 607 g/mol. The summed E-state index contributed by atoms with van der Waals surface area (Å²) < 4.78 is 9.32. The molecular formula is C43H25N3OS. The monoisotopic (exact) mass is 631 g/mol. The number of benzene rings is 7. The lowest BCUT2D eigenvalue weighted by atomic mass is 9.96. The van der Waals surface area contributed by atoms with Gasteiger partial charge >= 0.3 is 0 Å². The predicted molar refractivity (Wildman–Crippen MR) is 199 cm³/mol. The molecule has 3 aromatic heterocycles. The van der Waals surface area contributed by atoms with Crippen LogP contribution in [0.15, 0.2) is 156 Å². The Hall–Kier alpha value is -6.17.